The SMILES string of the molecule is O=C1C[C@H](c2ccccc2)Oc2cc(OCc3ccccc3)cc(OCc3ccccc3)c21. The zero-order valence-electron chi connectivity index (χ0n) is 18.1. The van der Waals surface area contributed by atoms with E-state index >= 15 is 0 Å². The van der Waals surface area contributed by atoms with Gasteiger partial charge in [0.1, 0.15) is 42.1 Å². The normalized spacial score (nSPS) is 14.8. The summed E-state index contributed by atoms with van der Waals surface area (Å²) in [6.07, 6.45) is -0.0688. The number of ether oxygens (including phenoxy) is 3. The summed E-state index contributed by atoms with van der Waals surface area (Å²) in [6.45, 7) is 0.763. The Hall–Kier alpha value is -4.05. The van der Waals surface area contributed by atoms with Crippen LogP contribution in [0.1, 0.15) is 39.6 Å². The van der Waals surface area contributed by atoms with Crippen molar-refractivity contribution in [3.05, 3.63) is 125 Å². The fourth-order valence-corrected chi connectivity index (χ4v) is 3.93. The maximum atomic E-state index is 13.2. The minimum Gasteiger partial charge on any atom is -0.489 e. The van der Waals surface area contributed by atoms with E-state index in [1.165, 1.54) is 0 Å². The molecule has 0 spiro atoms. The summed E-state index contributed by atoms with van der Waals surface area (Å²) in [4.78, 5) is 13.2. The molecule has 0 N–H and O–H groups in total. The molecule has 0 amide bonds. The first-order chi connectivity index (χ1) is 16.3. The van der Waals surface area contributed by atoms with Crippen LogP contribution in [0.2, 0.25) is 0 Å². The molecular weight excluding hydrogens is 412 g/mol. The van der Waals surface area contributed by atoms with E-state index in [1.807, 2.05) is 91.0 Å². The third-order valence-electron chi connectivity index (χ3n) is 5.62. The van der Waals surface area contributed by atoms with Crippen molar-refractivity contribution in [3.8, 4) is 17.2 Å². The summed E-state index contributed by atoms with van der Waals surface area (Å²) in [5.41, 5.74) is 3.53. The van der Waals surface area contributed by atoms with Gasteiger partial charge in [-0.3, -0.25) is 4.79 Å². The predicted molar refractivity (Wildman–Crippen MR) is 127 cm³/mol. The van der Waals surface area contributed by atoms with E-state index in [9.17, 15) is 4.79 Å². The summed E-state index contributed by atoms with van der Waals surface area (Å²) in [5.74, 6) is 1.58. The fourth-order valence-electron chi connectivity index (χ4n) is 3.93. The molecule has 4 aromatic carbocycles. The van der Waals surface area contributed by atoms with Gasteiger partial charge in [-0.1, -0.05) is 91.0 Å². The van der Waals surface area contributed by atoms with Crippen molar-refractivity contribution >= 4 is 5.78 Å². The van der Waals surface area contributed by atoms with Crippen molar-refractivity contribution in [2.75, 3.05) is 0 Å². The predicted octanol–water partition coefficient (Wildman–Crippen LogP) is 6.55. The molecule has 1 heterocycles. The Labute approximate surface area is 193 Å². The van der Waals surface area contributed by atoms with Crippen LogP contribution >= 0.6 is 0 Å². The molecule has 4 aromatic rings. The van der Waals surface area contributed by atoms with Gasteiger partial charge < -0.3 is 14.2 Å². The zero-order valence-corrected chi connectivity index (χ0v) is 18.1. The Bertz CT molecular complexity index is 1200. The van der Waals surface area contributed by atoms with Crippen LogP contribution in [0.5, 0.6) is 17.2 Å². The van der Waals surface area contributed by atoms with Crippen LogP contribution in [0.3, 0.4) is 0 Å². The lowest BCUT2D eigenvalue weighted by molar-refractivity contribution is 0.0841. The Morgan fingerprint density at radius 3 is 1.94 bits per heavy atom. The Kier molecular flexibility index (Phi) is 6.07. The third-order valence-corrected chi connectivity index (χ3v) is 5.62. The molecule has 0 aliphatic carbocycles. The Morgan fingerprint density at radius 1 is 0.727 bits per heavy atom. The van der Waals surface area contributed by atoms with Crippen LogP contribution in [-0.2, 0) is 13.2 Å². The van der Waals surface area contributed by atoms with Crippen LogP contribution in [-0.4, -0.2) is 5.78 Å². The molecule has 4 heteroatoms. The molecule has 0 saturated carbocycles. The molecule has 164 valence electrons. The molecular formula is C29H24O4. The minimum atomic E-state index is -0.336. The van der Waals surface area contributed by atoms with Crippen molar-refractivity contribution < 1.29 is 19.0 Å². The van der Waals surface area contributed by atoms with Gasteiger partial charge in [0.15, 0.2) is 5.78 Å². The number of Topliss-reactive ketones (excluding diaryl/α,β-unsaturated/α-hetero) is 1. The summed E-state index contributed by atoms with van der Waals surface area (Å²) in [5, 5.41) is 0. The minimum absolute atomic E-state index is 0.00257. The number of fused-ring (bicyclic) bond motifs is 1. The van der Waals surface area contributed by atoms with Crippen molar-refractivity contribution in [1.82, 2.24) is 0 Å². The van der Waals surface area contributed by atoms with E-state index in [0.717, 1.165) is 16.7 Å². The number of carbonyl (C=O) groups excluding carboxylic acids is 1. The number of hydrogen-bond acceptors (Lipinski definition) is 4. The van der Waals surface area contributed by atoms with Crippen molar-refractivity contribution in [1.29, 1.82) is 0 Å². The maximum Gasteiger partial charge on any atom is 0.174 e. The second kappa shape index (κ2) is 9.61. The van der Waals surface area contributed by atoms with Crippen LogP contribution in [0.15, 0.2) is 103 Å². The molecule has 33 heavy (non-hydrogen) atoms. The van der Waals surface area contributed by atoms with Crippen LogP contribution in [0, 0.1) is 0 Å². The molecule has 4 nitrogen and oxygen atoms in total. The van der Waals surface area contributed by atoms with Gasteiger partial charge >= 0.3 is 0 Å². The molecule has 0 bridgehead atoms. The quantitative estimate of drug-likeness (QED) is 0.329. The summed E-state index contributed by atoms with van der Waals surface area (Å²) in [7, 11) is 0. The highest BCUT2D eigenvalue weighted by atomic mass is 16.5. The lowest BCUT2D eigenvalue weighted by atomic mass is 9.95. The van der Waals surface area contributed by atoms with Gasteiger partial charge in [-0.2, -0.15) is 0 Å². The van der Waals surface area contributed by atoms with E-state index < -0.39 is 0 Å². The molecule has 0 radical (unpaired) electrons. The topological polar surface area (TPSA) is 44.8 Å². The van der Waals surface area contributed by atoms with E-state index in [4.69, 9.17) is 14.2 Å². The fraction of sp³-hybridized carbons (Fsp3) is 0.138. The first-order valence-electron chi connectivity index (χ1n) is 11.0. The second-order valence-corrected chi connectivity index (χ2v) is 7.99. The third kappa shape index (κ3) is 4.90. The first kappa shape index (κ1) is 20.8. The average molecular weight is 437 g/mol. The van der Waals surface area contributed by atoms with Gasteiger partial charge in [-0.25, -0.2) is 0 Å². The maximum absolute atomic E-state index is 13.2. The van der Waals surface area contributed by atoms with Gasteiger partial charge in [0.25, 0.3) is 0 Å². The highest BCUT2D eigenvalue weighted by molar-refractivity contribution is 6.02. The van der Waals surface area contributed by atoms with Gasteiger partial charge in [0, 0.05) is 12.1 Å². The highest BCUT2D eigenvalue weighted by Crippen LogP contribution is 2.42. The number of rotatable bonds is 7. The number of carbonyl (C=O) groups is 1. The molecule has 0 saturated heterocycles. The molecule has 1 aliphatic heterocycles. The molecule has 5 rings (SSSR count). The van der Waals surface area contributed by atoms with Crippen LogP contribution < -0.4 is 14.2 Å². The van der Waals surface area contributed by atoms with E-state index in [-0.39, 0.29) is 18.3 Å². The van der Waals surface area contributed by atoms with Crippen molar-refractivity contribution in [2.45, 2.75) is 25.7 Å². The highest BCUT2D eigenvalue weighted by Gasteiger charge is 2.31. The zero-order chi connectivity index (χ0) is 22.5. The molecule has 1 atom stereocenters. The van der Waals surface area contributed by atoms with Gasteiger partial charge in [-0.15, -0.1) is 0 Å². The monoisotopic (exact) mass is 436 g/mol. The first-order valence-corrected chi connectivity index (χ1v) is 11.0. The molecule has 0 aromatic heterocycles. The summed E-state index contributed by atoms with van der Waals surface area (Å²) in [6, 6.07) is 33.2. The lowest BCUT2D eigenvalue weighted by Crippen LogP contribution is -2.21. The van der Waals surface area contributed by atoms with E-state index in [2.05, 4.69) is 0 Å². The van der Waals surface area contributed by atoms with Crippen molar-refractivity contribution in [2.24, 2.45) is 0 Å². The van der Waals surface area contributed by atoms with Crippen molar-refractivity contribution in [3.63, 3.8) is 0 Å². The number of ketones is 1. The van der Waals surface area contributed by atoms with Crippen LogP contribution in [0.25, 0.3) is 0 Å². The standard InChI is InChI=1S/C29H24O4/c30-25-18-26(23-14-8-3-9-15-23)33-28-17-24(31-19-21-10-4-1-5-11-21)16-27(29(25)28)32-20-22-12-6-2-7-13-22/h1-17,26H,18-20H2/t26-/m1/s1. The van der Waals surface area contributed by atoms with E-state index in [1.54, 1.807) is 12.1 Å². The van der Waals surface area contributed by atoms with Crippen LogP contribution in [0.4, 0.5) is 0 Å². The van der Waals surface area contributed by atoms with E-state index in [0.29, 0.717) is 36.0 Å². The molecule has 0 unspecified atom stereocenters. The average Bonchev–Trinajstić information content (AvgIpc) is 2.87. The second-order valence-electron chi connectivity index (χ2n) is 7.99. The lowest BCUT2D eigenvalue weighted by Gasteiger charge is -2.27. The van der Waals surface area contributed by atoms with Gasteiger partial charge in [-0.05, 0) is 16.7 Å². The summed E-state index contributed by atoms with van der Waals surface area (Å²) >= 11 is 0. The van der Waals surface area contributed by atoms with Gasteiger partial charge in [0.05, 0.1) is 6.42 Å². The summed E-state index contributed by atoms with van der Waals surface area (Å²) < 4.78 is 18.5. The molecule has 1 aliphatic rings. The Balaban J connectivity index is 1.45. The Morgan fingerprint density at radius 2 is 1.30 bits per heavy atom. The molecule has 0 fully saturated rings. The number of hydrogen-bond donors (Lipinski definition) is 0. The number of benzene rings is 4. The smallest absolute Gasteiger partial charge is 0.174 e. The largest absolute Gasteiger partial charge is 0.489 e. The van der Waals surface area contributed by atoms with Gasteiger partial charge in [0.2, 0.25) is 0 Å².